The summed E-state index contributed by atoms with van der Waals surface area (Å²) in [5.41, 5.74) is 1.47. The fraction of sp³-hybridized carbons (Fsp3) is 0.150. The van der Waals surface area contributed by atoms with Gasteiger partial charge in [0.05, 0.1) is 0 Å². The monoisotopic (exact) mass is 351 g/mol. The quantitative estimate of drug-likeness (QED) is 0.347. The summed E-state index contributed by atoms with van der Waals surface area (Å²) in [4.78, 5) is 23.3. The van der Waals surface area contributed by atoms with Crippen LogP contribution < -0.4 is 10.6 Å². The van der Waals surface area contributed by atoms with E-state index in [2.05, 4.69) is 10.6 Å². The molecule has 0 fully saturated rings. The first-order valence-electron chi connectivity index (χ1n) is 8.00. The molecule has 5 nitrogen and oxygen atoms in total. The minimum absolute atomic E-state index is 0.0699. The maximum atomic E-state index is 13.5. The van der Waals surface area contributed by atoms with Crippen molar-refractivity contribution in [3.05, 3.63) is 77.2 Å². The summed E-state index contributed by atoms with van der Waals surface area (Å²) in [7, 11) is 0. The number of carbonyl (C=O) groups is 2. The zero-order valence-corrected chi connectivity index (χ0v) is 14.3. The number of hydrogen-bond donors (Lipinski definition) is 2. The molecule has 0 atom stereocenters. The van der Waals surface area contributed by atoms with Gasteiger partial charge in [0.25, 0.3) is 5.91 Å². The Morgan fingerprint density at radius 2 is 1.85 bits per heavy atom. The van der Waals surface area contributed by atoms with E-state index in [1.165, 1.54) is 19.2 Å². The first kappa shape index (κ1) is 18.9. The molecule has 0 aliphatic heterocycles. The lowest BCUT2D eigenvalue weighted by atomic mass is 10.1. The molecule has 6 heteroatoms. The summed E-state index contributed by atoms with van der Waals surface area (Å²) >= 11 is 0. The summed E-state index contributed by atoms with van der Waals surface area (Å²) in [5.74, 6) is -0.924. The highest BCUT2D eigenvalue weighted by Gasteiger charge is 2.09. The molecule has 0 radical (unpaired) electrons. The van der Waals surface area contributed by atoms with E-state index in [0.717, 1.165) is 0 Å². The van der Waals surface area contributed by atoms with Crippen molar-refractivity contribution in [2.75, 3.05) is 11.9 Å². The van der Waals surface area contributed by atoms with Crippen molar-refractivity contribution in [3.8, 4) is 6.07 Å². The van der Waals surface area contributed by atoms with Gasteiger partial charge in [-0.1, -0.05) is 18.2 Å². The Hall–Kier alpha value is -3.46. The number of halogens is 1. The standard InChI is InChI=1S/C20H18FN3O2/c1-14(25)15-6-8-18(9-7-15)24-20(26)17(12-22)13-23-11-10-16-4-2-3-5-19(16)21/h2-9,13,23H,10-11H2,1H3,(H,24,26)/b17-13-. The average Bonchev–Trinajstić information content (AvgIpc) is 2.63. The number of carbonyl (C=O) groups excluding carboxylic acids is 2. The molecular weight excluding hydrogens is 333 g/mol. The van der Waals surface area contributed by atoms with Gasteiger partial charge < -0.3 is 10.6 Å². The molecule has 0 aromatic heterocycles. The van der Waals surface area contributed by atoms with E-state index in [0.29, 0.717) is 29.8 Å². The second-order valence-electron chi connectivity index (χ2n) is 5.55. The molecule has 2 aromatic rings. The molecule has 0 aliphatic carbocycles. The van der Waals surface area contributed by atoms with Crippen LogP contribution in [0.15, 0.2) is 60.3 Å². The largest absolute Gasteiger partial charge is 0.389 e. The normalized spacial score (nSPS) is 10.7. The van der Waals surface area contributed by atoms with Crippen LogP contribution in [0.5, 0.6) is 0 Å². The molecule has 0 saturated carbocycles. The molecule has 0 heterocycles. The third-order valence-electron chi connectivity index (χ3n) is 3.66. The molecule has 2 rings (SSSR count). The zero-order chi connectivity index (χ0) is 18.9. The predicted molar refractivity (Wildman–Crippen MR) is 96.9 cm³/mol. The van der Waals surface area contributed by atoms with Gasteiger partial charge in [0.1, 0.15) is 17.5 Å². The van der Waals surface area contributed by atoms with E-state index in [-0.39, 0.29) is 17.2 Å². The molecule has 0 aliphatic rings. The lowest BCUT2D eigenvalue weighted by Gasteiger charge is -2.06. The molecule has 0 unspecified atom stereocenters. The highest BCUT2D eigenvalue weighted by Crippen LogP contribution is 2.11. The van der Waals surface area contributed by atoms with Crippen molar-refractivity contribution >= 4 is 17.4 Å². The number of ketones is 1. The van der Waals surface area contributed by atoms with Crippen molar-refractivity contribution in [1.82, 2.24) is 5.32 Å². The van der Waals surface area contributed by atoms with Gasteiger partial charge in [0, 0.05) is 24.0 Å². The van der Waals surface area contributed by atoms with Crippen LogP contribution in [0.25, 0.3) is 0 Å². The first-order valence-corrected chi connectivity index (χ1v) is 8.00. The van der Waals surface area contributed by atoms with Crippen molar-refractivity contribution in [1.29, 1.82) is 5.26 Å². The van der Waals surface area contributed by atoms with Crippen LogP contribution in [-0.4, -0.2) is 18.2 Å². The highest BCUT2D eigenvalue weighted by molar-refractivity contribution is 6.06. The Morgan fingerprint density at radius 1 is 1.15 bits per heavy atom. The van der Waals surface area contributed by atoms with Gasteiger partial charge in [-0.15, -0.1) is 0 Å². The van der Waals surface area contributed by atoms with E-state index in [4.69, 9.17) is 5.26 Å². The number of anilines is 1. The van der Waals surface area contributed by atoms with Gasteiger partial charge in [-0.3, -0.25) is 9.59 Å². The number of amides is 1. The smallest absolute Gasteiger partial charge is 0.267 e. The van der Waals surface area contributed by atoms with Gasteiger partial charge in [0.2, 0.25) is 0 Å². The maximum absolute atomic E-state index is 13.5. The van der Waals surface area contributed by atoms with Crippen LogP contribution in [0.4, 0.5) is 10.1 Å². The summed E-state index contributed by atoms with van der Waals surface area (Å²) in [6.07, 6.45) is 1.73. The van der Waals surface area contributed by atoms with Crippen LogP contribution in [0.1, 0.15) is 22.8 Å². The SMILES string of the molecule is CC(=O)c1ccc(NC(=O)/C(C#N)=C\NCCc2ccccc2F)cc1. The maximum Gasteiger partial charge on any atom is 0.267 e. The minimum Gasteiger partial charge on any atom is -0.389 e. The number of benzene rings is 2. The number of Topliss-reactive ketones (excluding diaryl/α,β-unsaturated/α-hetero) is 1. The number of nitriles is 1. The predicted octanol–water partition coefficient (Wildman–Crippen LogP) is 3.21. The van der Waals surface area contributed by atoms with E-state index in [1.807, 2.05) is 6.07 Å². The summed E-state index contributed by atoms with van der Waals surface area (Å²) < 4.78 is 13.5. The van der Waals surface area contributed by atoms with Gasteiger partial charge in [-0.2, -0.15) is 5.26 Å². The topological polar surface area (TPSA) is 82.0 Å². The zero-order valence-electron chi connectivity index (χ0n) is 14.3. The van der Waals surface area contributed by atoms with Crippen LogP contribution in [-0.2, 0) is 11.2 Å². The van der Waals surface area contributed by atoms with E-state index >= 15 is 0 Å². The second-order valence-corrected chi connectivity index (χ2v) is 5.55. The van der Waals surface area contributed by atoms with Crippen LogP contribution >= 0.6 is 0 Å². The molecule has 0 spiro atoms. The van der Waals surface area contributed by atoms with Crippen LogP contribution in [0, 0.1) is 17.1 Å². The van der Waals surface area contributed by atoms with E-state index in [1.54, 1.807) is 42.5 Å². The highest BCUT2D eigenvalue weighted by atomic mass is 19.1. The molecule has 0 bridgehead atoms. The van der Waals surface area contributed by atoms with Crippen LogP contribution in [0.2, 0.25) is 0 Å². The third-order valence-corrected chi connectivity index (χ3v) is 3.66. The van der Waals surface area contributed by atoms with E-state index < -0.39 is 5.91 Å². The average molecular weight is 351 g/mol. The second kappa shape index (κ2) is 9.14. The van der Waals surface area contributed by atoms with Gasteiger partial charge >= 0.3 is 0 Å². The Labute approximate surface area is 151 Å². The Bertz CT molecular complexity index is 867. The van der Waals surface area contributed by atoms with Crippen molar-refractivity contribution < 1.29 is 14.0 Å². The number of rotatable bonds is 7. The lowest BCUT2D eigenvalue weighted by Crippen LogP contribution is -2.18. The van der Waals surface area contributed by atoms with Crippen LogP contribution in [0.3, 0.4) is 0 Å². The molecule has 2 aromatic carbocycles. The molecule has 132 valence electrons. The third kappa shape index (κ3) is 5.28. The fourth-order valence-electron chi connectivity index (χ4n) is 2.22. The molecule has 0 saturated heterocycles. The number of nitrogens with one attached hydrogen (secondary N) is 2. The molecule has 2 N–H and O–H groups in total. The van der Waals surface area contributed by atoms with Gasteiger partial charge in [-0.05, 0) is 49.2 Å². The van der Waals surface area contributed by atoms with Crippen molar-refractivity contribution in [2.24, 2.45) is 0 Å². The molecule has 1 amide bonds. The minimum atomic E-state index is -0.568. The Balaban J connectivity index is 1.91. The Kier molecular flexibility index (Phi) is 6.63. The Morgan fingerprint density at radius 3 is 2.46 bits per heavy atom. The summed E-state index contributed by atoms with van der Waals surface area (Å²) in [5, 5.41) is 14.6. The summed E-state index contributed by atoms with van der Waals surface area (Å²) in [6, 6.07) is 14.6. The first-order chi connectivity index (χ1) is 12.5. The summed E-state index contributed by atoms with van der Waals surface area (Å²) in [6.45, 7) is 1.84. The number of hydrogen-bond acceptors (Lipinski definition) is 4. The van der Waals surface area contributed by atoms with E-state index in [9.17, 15) is 14.0 Å². The van der Waals surface area contributed by atoms with Gasteiger partial charge in [-0.25, -0.2) is 4.39 Å². The molecule has 26 heavy (non-hydrogen) atoms. The molecular formula is C20H18FN3O2. The lowest BCUT2D eigenvalue weighted by molar-refractivity contribution is -0.112. The van der Waals surface area contributed by atoms with Crippen molar-refractivity contribution in [3.63, 3.8) is 0 Å². The number of nitrogens with zero attached hydrogens (tertiary/aromatic N) is 1. The van der Waals surface area contributed by atoms with Crippen molar-refractivity contribution in [2.45, 2.75) is 13.3 Å². The fourth-order valence-corrected chi connectivity index (χ4v) is 2.22. The van der Waals surface area contributed by atoms with Gasteiger partial charge in [0.15, 0.2) is 5.78 Å².